The van der Waals surface area contributed by atoms with Crippen LogP contribution in [-0.2, 0) is 9.59 Å². The van der Waals surface area contributed by atoms with Gasteiger partial charge in [0.15, 0.2) is 0 Å². The summed E-state index contributed by atoms with van der Waals surface area (Å²) >= 11 is 0. The summed E-state index contributed by atoms with van der Waals surface area (Å²) in [6.07, 6.45) is 1.92. The van der Waals surface area contributed by atoms with Crippen LogP contribution in [0.3, 0.4) is 0 Å². The van der Waals surface area contributed by atoms with Crippen molar-refractivity contribution in [3.05, 3.63) is 0 Å². The molecule has 0 heterocycles. The minimum absolute atomic E-state index is 0.0348. The quantitative estimate of drug-likeness (QED) is 0.603. The van der Waals surface area contributed by atoms with E-state index >= 15 is 0 Å². The predicted molar refractivity (Wildman–Crippen MR) is 71.0 cm³/mol. The number of rotatable bonds is 8. The van der Waals surface area contributed by atoms with Gasteiger partial charge in [-0.15, -0.1) is 0 Å². The van der Waals surface area contributed by atoms with E-state index in [2.05, 4.69) is 24.5 Å². The first kappa shape index (κ1) is 16.9. The normalized spacial score (nSPS) is 14.1. The average molecular weight is 258 g/mol. The molecule has 0 aliphatic carbocycles. The molecule has 106 valence electrons. The van der Waals surface area contributed by atoms with Crippen molar-refractivity contribution < 1.29 is 14.7 Å². The summed E-state index contributed by atoms with van der Waals surface area (Å²) in [7, 11) is 0. The van der Waals surface area contributed by atoms with E-state index < -0.39 is 5.60 Å². The molecule has 0 aliphatic rings. The van der Waals surface area contributed by atoms with E-state index in [-0.39, 0.29) is 24.9 Å². The van der Waals surface area contributed by atoms with Crippen LogP contribution in [0, 0.1) is 5.92 Å². The standard InChI is InChI=1S/C13H26N2O3/c1-5-11(16)14-8-12(17)15-9-13(4,18)7-6-10(2)3/h10,18H,5-9H2,1-4H3,(H,14,16)(H,15,17). The average Bonchev–Trinajstić information content (AvgIpc) is 2.31. The molecule has 0 bridgehead atoms. The molecule has 0 spiro atoms. The van der Waals surface area contributed by atoms with Crippen LogP contribution in [0.2, 0.25) is 0 Å². The van der Waals surface area contributed by atoms with Crippen LogP contribution in [0.1, 0.15) is 47.0 Å². The third-order valence-corrected chi connectivity index (χ3v) is 2.69. The van der Waals surface area contributed by atoms with Crippen molar-refractivity contribution in [1.82, 2.24) is 10.6 Å². The lowest BCUT2D eigenvalue weighted by Gasteiger charge is -2.24. The summed E-state index contributed by atoms with van der Waals surface area (Å²) < 4.78 is 0. The summed E-state index contributed by atoms with van der Waals surface area (Å²) in [6, 6.07) is 0. The second-order valence-corrected chi connectivity index (χ2v) is 5.34. The number of carbonyl (C=O) groups excluding carboxylic acids is 2. The van der Waals surface area contributed by atoms with Crippen molar-refractivity contribution >= 4 is 11.8 Å². The van der Waals surface area contributed by atoms with E-state index in [1.807, 2.05) is 0 Å². The highest BCUT2D eigenvalue weighted by Crippen LogP contribution is 2.15. The third kappa shape index (κ3) is 8.98. The molecule has 0 fully saturated rings. The van der Waals surface area contributed by atoms with Gasteiger partial charge in [-0.3, -0.25) is 9.59 Å². The van der Waals surface area contributed by atoms with E-state index in [0.717, 1.165) is 6.42 Å². The fourth-order valence-corrected chi connectivity index (χ4v) is 1.34. The molecule has 3 N–H and O–H groups in total. The highest BCUT2D eigenvalue weighted by Gasteiger charge is 2.21. The maximum Gasteiger partial charge on any atom is 0.239 e. The topological polar surface area (TPSA) is 78.4 Å². The van der Waals surface area contributed by atoms with Gasteiger partial charge in [0.25, 0.3) is 0 Å². The molecule has 0 aromatic heterocycles. The lowest BCUT2D eigenvalue weighted by atomic mass is 9.95. The Morgan fingerprint density at radius 3 is 2.33 bits per heavy atom. The first-order chi connectivity index (χ1) is 8.26. The molecular formula is C13H26N2O3. The Balaban J connectivity index is 3.85. The van der Waals surface area contributed by atoms with Crippen LogP contribution < -0.4 is 10.6 Å². The van der Waals surface area contributed by atoms with Crippen molar-refractivity contribution in [3.63, 3.8) is 0 Å². The Kier molecular flexibility index (Phi) is 7.59. The van der Waals surface area contributed by atoms with Crippen LogP contribution >= 0.6 is 0 Å². The Morgan fingerprint density at radius 1 is 1.22 bits per heavy atom. The van der Waals surface area contributed by atoms with E-state index in [9.17, 15) is 14.7 Å². The van der Waals surface area contributed by atoms with Gasteiger partial charge in [0, 0.05) is 13.0 Å². The number of hydrogen-bond donors (Lipinski definition) is 3. The van der Waals surface area contributed by atoms with E-state index in [1.54, 1.807) is 13.8 Å². The highest BCUT2D eigenvalue weighted by atomic mass is 16.3. The Morgan fingerprint density at radius 2 is 1.83 bits per heavy atom. The van der Waals surface area contributed by atoms with Crippen molar-refractivity contribution in [2.45, 2.75) is 52.6 Å². The molecule has 0 saturated heterocycles. The fourth-order valence-electron chi connectivity index (χ4n) is 1.34. The molecular weight excluding hydrogens is 232 g/mol. The number of aliphatic hydroxyl groups is 1. The first-order valence-electron chi connectivity index (χ1n) is 6.52. The monoisotopic (exact) mass is 258 g/mol. The summed E-state index contributed by atoms with van der Waals surface area (Å²) in [6.45, 7) is 7.79. The van der Waals surface area contributed by atoms with E-state index in [1.165, 1.54) is 0 Å². The Hall–Kier alpha value is -1.10. The van der Waals surface area contributed by atoms with Crippen LogP contribution in [0.4, 0.5) is 0 Å². The molecule has 0 aliphatic heterocycles. The largest absolute Gasteiger partial charge is 0.388 e. The van der Waals surface area contributed by atoms with E-state index in [0.29, 0.717) is 18.8 Å². The van der Waals surface area contributed by atoms with Crippen LogP contribution in [-0.4, -0.2) is 35.6 Å². The number of carbonyl (C=O) groups is 2. The van der Waals surface area contributed by atoms with Gasteiger partial charge in [-0.1, -0.05) is 20.8 Å². The maximum absolute atomic E-state index is 11.4. The number of nitrogens with one attached hydrogen (secondary N) is 2. The molecule has 0 aromatic rings. The molecule has 0 saturated carbocycles. The van der Waals surface area contributed by atoms with Gasteiger partial charge in [-0.2, -0.15) is 0 Å². The molecule has 1 atom stereocenters. The zero-order valence-electron chi connectivity index (χ0n) is 11.9. The summed E-state index contributed by atoms with van der Waals surface area (Å²) in [5.74, 6) is 0.0920. The molecule has 18 heavy (non-hydrogen) atoms. The fraction of sp³-hybridized carbons (Fsp3) is 0.846. The predicted octanol–water partition coefficient (Wildman–Crippen LogP) is 0.816. The van der Waals surface area contributed by atoms with Gasteiger partial charge in [0.05, 0.1) is 12.1 Å². The molecule has 5 nitrogen and oxygen atoms in total. The first-order valence-corrected chi connectivity index (χ1v) is 6.52. The summed E-state index contributed by atoms with van der Waals surface area (Å²) in [5.41, 5.74) is -0.894. The van der Waals surface area contributed by atoms with Crippen LogP contribution in [0.25, 0.3) is 0 Å². The third-order valence-electron chi connectivity index (χ3n) is 2.69. The Bertz CT molecular complexity index is 275. The Labute approximate surface area is 109 Å². The SMILES string of the molecule is CCC(=O)NCC(=O)NCC(C)(O)CCC(C)C. The minimum Gasteiger partial charge on any atom is -0.388 e. The summed E-state index contributed by atoms with van der Waals surface area (Å²) in [5, 5.41) is 15.1. The van der Waals surface area contributed by atoms with Gasteiger partial charge in [-0.25, -0.2) is 0 Å². The zero-order chi connectivity index (χ0) is 14.2. The van der Waals surface area contributed by atoms with Gasteiger partial charge in [0.1, 0.15) is 0 Å². The number of amides is 2. The number of hydrogen-bond acceptors (Lipinski definition) is 3. The lowest BCUT2D eigenvalue weighted by molar-refractivity contribution is -0.126. The molecule has 0 aromatic carbocycles. The van der Waals surface area contributed by atoms with Gasteiger partial charge < -0.3 is 15.7 Å². The van der Waals surface area contributed by atoms with E-state index in [4.69, 9.17) is 0 Å². The smallest absolute Gasteiger partial charge is 0.239 e. The van der Waals surface area contributed by atoms with Crippen LogP contribution in [0.5, 0.6) is 0 Å². The minimum atomic E-state index is -0.894. The molecule has 2 amide bonds. The molecule has 5 heteroatoms. The molecule has 1 unspecified atom stereocenters. The molecule has 0 radical (unpaired) electrons. The molecule has 0 rings (SSSR count). The second kappa shape index (κ2) is 8.08. The van der Waals surface area contributed by atoms with Crippen LogP contribution in [0.15, 0.2) is 0 Å². The van der Waals surface area contributed by atoms with Crippen molar-refractivity contribution in [1.29, 1.82) is 0 Å². The summed E-state index contributed by atoms with van der Waals surface area (Å²) in [4.78, 5) is 22.4. The van der Waals surface area contributed by atoms with Gasteiger partial charge >= 0.3 is 0 Å². The maximum atomic E-state index is 11.4. The second-order valence-electron chi connectivity index (χ2n) is 5.34. The van der Waals surface area contributed by atoms with Crippen molar-refractivity contribution in [2.75, 3.05) is 13.1 Å². The van der Waals surface area contributed by atoms with Gasteiger partial charge in [0.2, 0.25) is 11.8 Å². The lowest BCUT2D eigenvalue weighted by Crippen LogP contribution is -2.44. The van der Waals surface area contributed by atoms with Gasteiger partial charge in [-0.05, 0) is 25.7 Å². The highest BCUT2D eigenvalue weighted by molar-refractivity contribution is 5.84. The van der Waals surface area contributed by atoms with Crippen molar-refractivity contribution in [3.8, 4) is 0 Å². The van der Waals surface area contributed by atoms with Crippen molar-refractivity contribution in [2.24, 2.45) is 5.92 Å². The zero-order valence-corrected chi connectivity index (χ0v) is 11.9.